The van der Waals surface area contributed by atoms with Crippen LogP contribution in [0.15, 0.2) is 0 Å². The van der Waals surface area contributed by atoms with Crippen LogP contribution < -0.4 is 0 Å². The standard InChI is InChI=1S/C86H168O17P2/c1-8-10-11-12-13-14-15-16-17-18-19-20-21-22-27-30-33-39-48-55-62-69-85(90)102-81(73-96-83(88)67-60-53-46-38-32-29-26-24-23-25-28-31-36-43-50-57-64-77(3)4)75-100-104(92,93)98-71-80(87)72-99-105(94,95)101-76-82(74-97-84(89)68-61-54-47-42-41-44-51-58-65-78(5)6)103-86(91)70-63-56-49-40-35-34-37-45-52-59-66-79(7)9-2/h77-82,87H,8-76H2,1-7H3,(H,92,93)(H,94,95)/t79?,80-,81-,82-/m1/s1. The quantitative estimate of drug-likeness (QED) is 0.0222. The molecule has 624 valence electrons. The van der Waals surface area contributed by atoms with Gasteiger partial charge in [0.25, 0.3) is 0 Å². The molecule has 17 nitrogen and oxygen atoms in total. The third kappa shape index (κ3) is 78.5. The molecule has 105 heavy (non-hydrogen) atoms. The molecule has 19 heteroatoms. The smallest absolute Gasteiger partial charge is 0.462 e. The minimum Gasteiger partial charge on any atom is -0.462 e. The number of aliphatic hydroxyl groups is 1. The van der Waals surface area contributed by atoms with Gasteiger partial charge in [0.05, 0.1) is 26.4 Å². The average molecular weight is 1540 g/mol. The van der Waals surface area contributed by atoms with Gasteiger partial charge in [-0.15, -0.1) is 0 Å². The summed E-state index contributed by atoms with van der Waals surface area (Å²) in [6, 6.07) is 0. The molecule has 0 aromatic carbocycles. The summed E-state index contributed by atoms with van der Waals surface area (Å²) in [7, 11) is -9.93. The van der Waals surface area contributed by atoms with Crippen LogP contribution in [-0.2, 0) is 65.4 Å². The van der Waals surface area contributed by atoms with Gasteiger partial charge in [0, 0.05) is 25.7 Å². The first-order valence-corrected chi connectivity index (χ1v) is 47.4. The van der Waals surface area contributed by atoms with Gasteiger partial charge in [0.2, 0.25) is 0 Å². The van der Waals surface area contributed by atoms with Crippen molar-refractivity contribution in [1.82, 2.24) is 0 Å². The van der Waals surface area contributed by atoms with Crippen LogP contribution >= 0.6 is 15.6 Å². The van der Waals surface area contributed by atoms with E-state index in [2.05, 4.69) is 48.5 Å². The van der Waals surface area contributed by atoms with Crippen molar-refractivity contribution in [3.05, 3.63) is 0 Å². The molecule has 0 saturated carbocycles. The fraction of sp³-hybridized carbons (Fsp3) is 0.953. The maximum atomic E-state index is 13.2. The number of carbonyl (C=O) groups excluding carboxylic acids is 4. The van der Waals surface area contributed by atoms with Gasteiger partial charge in [-0.3, -0.25) is 37.3 Å². The Morgan fingerprint density at radius 1 is 0.276 bits per heavy atom. The van der Waals surface area contributed by atoms with Crippen molar-refractivity contribution in [2.24, 2.45) is 17.8 Å². The van der Waals surface area contributed by atoms with Crippen molar-refractivity contribution in [3.63, 3.8) is 0 Å². The second kappa shape index (κ2) is 76.1. The molecule has 0 aliphatic carbocycles. The number of phosphoric acid groups is 2. The lowest BCUT2D eigenvalue weighted by molar-refractivity contribution is -0.161. The zero-order valence-electron chi connectivity index (χ0n) is 69.2. The number of rotatable bonds is 84. The summed E-state index contributed by atoms with van der Waals surface area (Å²) in [5.74, 6) is 0.235. The molecule has 0 amide bonds. The second-order valence-electron chi connectivity index (χ2n) is 32.1. The number of esters is 4. The van der Waals surface area contributed by atoms with Crippen LogP contribution in [0.5, 0.6) is 0 Å². The van der Waals surface area contributed by atoms with E-state index >= 15 is 0 Å². The second-order valence-corrected chi connectivity index (χ2v) is 35.0. The molecular formula is C86H168O17P2. The van der Waals surface area contributed by atoms with Crippen LogP contribution in [0.4, 0.5) is 0 Å². The largest absolute Gasteiger partial charge is 0.472 e. The number of aliphatic hydroxyl groups excluding tert-OH is 1. The molecule has 0 radical (unpaired) electrons. The molecule has 3 unspecified atom stereocenters. The SMILES string of the molecule is CCCCCCCCCCCCCCCCCCCCCCCC(=O)O[C@H](COC(=O)CCCCCCCCCCCCCCCCCCC(C)C)COP(=O)(O)OC[C@@H](O)COP(=O)(O)OC[C@@H](COC(=O)CCCCCCCCCCC(C)C)OC(=O)CCCCCCCCCCCCC(C)CC. The number of phosphoric ester groups is 2. The molecule has 3 N–H and O–H groups in total. The Balaban J connectivity index is 5.24. The number of unbranched alkanes of at least 4 members (excludes halogenated alkanes) is 51. The highest BCUT2D eigenvalue weighted by atomic mass is 31.2. The maximum Gasteiger partial charge on any atom is 0.472 e. The molecular weight excluding hydrogens is 1370 g/mol. The minimum absolute atomic E-state index is 0.106. The highest BCUT2D eigenvalue weighted by molar-refractivity contribution is 7.47. The third-order valence-corrected chi connectivity index (χ3v) is 22.4. The third-order valence-electron chi connectivity index (χ3n) is 20.5. The van der Waals surface area contributed by atoms with Crippen molar-refractivity contribution in [1.29, 1.82) is 0 Å². The van der Waals surface area contributed by atoms with Crippen LogP contribution in [0.3, 0.4) is 0 Å². The van der Waals surface area contributed by atoms with E-state index in [1.165, 1.54) is 263 Å². The Labute approximate surface area is 645 Å². The monoisotopic (exact) mass is 1540 g/mol. The number of carbonyl (C=O) groups is 4. The summed E-state index contributed by atoms with van der Waals surface area (Å²) in [5.41, 5.74) is 0. The summed E-state index contributed by atoms with van der Waals surface area (Å²) in [6.45, 7) is 12.0. The number of hydrogen-bond donors (Lipinski definition) is 3. The van der Waals surface area contributed by atoms with Crippen molar-refractivity contribution in [2.45, 2.75) is 471 Å². The predicted molar refractivity (Wildman–Crippen MR) is 432 cm³/mol. The zero-order valence-corrected chi connectivity index (χ0v) is 71.0. The Hall–Kier alpha value is -1.94. The number of hydrogen-bond acceptors (Lipinski definition) is 15. The van der Waals surface area contributed by atoms with Crippen molar-refractivity contribution in [2.75, 3.05) is 39.6 Å². The molecule has 0 bridgehead atoms. The van der Waals surface area contributed by atoms with Crippen molar-refractivity contribution < 1.29 is 80.2 Å². The van der Waals surface area contributed by atoms with E-state index in [9.17, 15) is 43.2 Å². The van der Waals surface area contributed by atoms with Gasteiger partial charge >= 0.3 is 39.5 Å². The molecule has 0 aliphatic rings. The lowest BCUT2D eigenvalue weighted by Crippen LogP contribution is -2.30. The van der Waals surface area contributed by atoms with Gasteiger partial charge < -0.3 is 33.8 Å². The Kier molecular flexibility index (Phi) is 74.7. The summed E-state index contributed by atoms with van der Waals surface area (Å²) in [5, 5.41) is 10.7. The maximum absolute atomic E-state index is 13.2. The molecule has 0 heterocycles. The molecule has 0 aromatic rings. The van der Waals surface area contributed by atoms with Gasteiger partial charge in [-0.1, -0.05) is 402 Å². The molecule has 0 fully saturated rings. The summed E-state index contributed by atoms with van der Waals surface area (Å²) in [4.78, 5) is 73.2. The fourth-order valence-electron chi connectivity index (χ4n) is 13.3. The van der Waals surface area contributed by atoms with E-state index in [4.69, 9.17) is 37.0 Å². The Bertz CT molecular complexity index is 2030. The first kappa shape index (κ1) is 103. The molecule has 0 rings (SSSR count). The van der Waals surface area contributed by atoms with E-state index < -0.39 is 97.5 Å². The molecule has 0 spiro atoms. The highest BCUT2D eigenvalue weighted by Crippen LogP contribution is 2.45. The summed E-state index contributed by atoms with van der Waals surface area (Å²) < 4.78 is 68.9. The molecule has 0 aliphatic heterocycles. The average Bonchev–Trinajstić information content (AvgIpc) is 0.909. The van der Waals surface area contributed by atoms with Gasteiger partial charge in [-0.2, -0.15) is 0 Å². The summed E-state index contributed by atoms with van der Waals surface area (Å²) in [6.07, 6.45) is 66.7. The molecule has 0 aromatic heterocycles. The van der Waals surface area contributed by atoms with Crippen molar-refractivity contribution in [3.8, 4) is 0 Å². The van der Waals surface area contributed by atoms with E-state index in [0.717, 1.165) is 108 Å². The van der Waals surface area contributed by atoms with Crippen LogP contribution in [0, 0.1) is 17.8 Å². The molecule has 0 saturated heterocycles. The summed E-state index contributed by atoms with van der Waals surface area (Å²) >= 11 is 0. The lowest BCUT2D eigenvalue weighted by Gasteiger charge is -2.21. The number of ether oxygens (including phenoxy) is 4. The highest BCUT2D eigenvalue weighted by Gasteiger charge is 2.30. The van der Waals surface area contributed by atoms with E-state index in [-0.39, 0.29) is 25.7 Å². The first-order chi connectivity index (χ1) is 50.8. The van der Waals surface area contributed by atoms with E-state index in [1.54, 1.807) is 0 Å². The normalized spacial score (nSPS) is 14.1. The lowest BCUT2D eigenvalue weighted by atomic mass is 9.99. The fourth-order valence-corrected chi connectivity index (χ4v) is 14.9. The van der Waals surface area contributed by atoms with Crippen LogP contribution in [-0.4, -0.2) is 96.7 Å². The van der Waals surface area contributed by atoms with Crippen LogP contribution in [0.25, 0.3) is 0 Å². The van der Waals surface area contributed by atoms with E-state index in [0.29, 0.717) is 25.7 Å². The Morgan fingerprint density at radius 2 is 0.486 bits per heavy atom. The van der Waals surface area contributed by atoms with Crippen LogP contribution in [0.1, 0.15) is 453 Å². The predicted octanol–water partition coefficient (Wildman–Crippen LogP) is 26.1. The minimum atomic E-state index is -4.97. The van der Waals surface area contributed by atoms with Crippen LogP contribution in [0.2, 0.25) is 0 Å². The Morgan fingerprint density at radius 3 is 0.724 bits per heavy atom. The van der Waals surface area contributed by atoms with Crippen molar-refractivity contribution >= 4 is 39.5 Å². The van der Waals surface area contributed by atoms with Gasteiger partial charge in [0.1, 0.15) is 19.3 Å². The topological polar surface area (TPSA) is 237 Å². The van der Waals surface area contributed by atoms with Gasteiger partial charge in [-0.05, 0) is 43.4 Å². The zero-order chi connectivity index (χ0) is 77.2. The van der Waals surface area contributed by atoms with Gasteiger partial charge in [-0.25, -0.2) is 9.13 Å². The molecule has 6 atom stereocenters. The first-order valence-electron chi connectivity index (χ1n) is 44.4. The van der Waals surface area contributed by atoms with E-state index in [1.807, 2.05) is 0 Å². The van der Waals surface area contributed by atoms with Gasteiger partial charge in [0.15, 0.2) is 12.2 Å².